The summed E-state index contributed by atoms with van der Waals surface area (Å²) in [5.74, 6) is 2.49. The molecule has 8 nitrogen and oxygen atoms in total. The highest BCUT2D eigenvalue weighted by Gasteiger charge is 2.38. The van der Waals surface area contributed by atoms with E-state index in [4.69, 9.17) is 18.8 Å². The molecular formula is C16H17N3O5. The van der Waals surface area contributed by atoms with Gasteiger partial charge in [-0.15, -0.1) is 0 Å². The predicted molar refractivity (Wildman–Crippen MR) is 80.1 cm³/mol. The van der Waals surface area contributed by atoms with Crippen molar-refractivity contribution in [3.8, 4) is 22.8 Å². The summed E-state index contributed by atoms with van der Waals surface area (Å²) in [6.45, 7) is 4.39. The highest BCUT2D eigenvalue weighted by Crippen LogP contribution is 2.36. The standard InChI is InChI=1S/C16H17N3O5/c20-19-16(10-1-2-14-15(3-10)23-9-22-14)13(17-24-19)6-18-4-11-7-21-8-12(11)5-18/h1-3,11-12H,4-9H2/t11-,12?/m0/s1. The molecule has 0 spiro atoms. The van der Waals surface area contributed by atoms with Gasteiger partial charge in [0.15, 0.2) is 11.5 Å². The maximum absolute atomic E-state index is 12.1. The van der Waals surface area contributed by atoms with Crippen LogP contribution in [0.4, 0.5) is 0 Å². The molecule has 2 aromatic rings. The normalized spacial score (nSPS) is 25.3. The molecular weight excluding hydrogens is 314 g/mol. The second-order valence-electron chi connectivity index (χ2n) is 6.55. The van der Waals surface area contributed by atoms with Crippen molar-refractivity contribution >= 4 is 0 Å². The van der Waals surface area contributed by atoms with Crippen molar-refractivity contribution in [2.75, 3.05) is 33.1 Å². The van der Waals surface area contributed by atoms with Gasteiger partial charge in [-0.2, -0.15) is 0 Å². The van der Waals surface area contributed by atoms with E-state index in [1.54, 1.807) is 12.1 Å². The summed E-state index contributed by atoms with van der Waals surface area (Å²) in [6.07, 6.45) is 0. The lowest BCUT2D eigenvalue weighted by molar-refractivity contribution is -0.793. The monoisotopic (exact) mass is 331 g/mol. The Balaban J connectivity index is 1.42. The van der Waals surface area contributed by atoms with Crippen LogP contribution >= 0.6 is 0 Å². The zero-order valence-electron chi connectivity index (χ0n) is 13.0. The van der Waals surface area contributed by atoms with Gasteiger partial charge in [0.25, 0.3) is 0 Å². The van der Waals surface area contributed by atoms with Crippen molar-refractivity contribution in [3.05, 3.63) is 29.1 Å². The van der Waals surface area contributed by atoms with Crippen molar-refractivity contribution in [2.45, 2.75) is 6.54 Å². The number of hydrogen-bond donors (Lipinski definition) is 0. The third-order valence-electron chi connectivity index (χ3n) is 5.02. The van der Waals surface area contributed by atoms with E-state index in [1.807, 2.05) is 6.07 Å². The van der Waals surface area contributed by atoms with Gasteiger partial charge in [-0.1, -0.05) is 0 Å². The molecule has 8 heteroatoms. The molecule has 2 saturated heterocycles. The molecule has 0 amide bonds. The fraction of sp³-hybridized carbons (Fsp3) is 0.500. The van der Waals surface area contributed by atoms with Crippen LogP contribution in [0.1, 0.15) is 5.69 Å². The van der Waals surface area contributed by atoms with E-state index >= 15 is 0 Å². The fourth-order valence-electron chi connectivity index (χ4n) is 3.82. The Bertz CT molecular complexity index is 765. The molecule has 2 atom stereocenters. The van der Waals surface area contributed by atoms with E-state index in [-0.39, 0.29) is 6.79 Å². The smallest absolute Gasteiger partial charge is 0.240 e. The molecule has 0 radical (unpaired) electrons. The number of nitrogens with zero attached hydrogens (tertiary/aromatic N) is 3. The zero-order chi connectivity index (χ0) is 16.1. The second kappa shape index (κ2) is 5.35. The van der Waals surface area contributed by atoms with Crippen molar-refractivity contribution in [2.24, 2.45) is 11.8 Å². The molecule has 1 aromatic heterocycles. The summed E-state index contributed by atoms with van der Waals surface area (Å²) in [5, 5.41) is 16.1. The molecule has 126 valence electrons. The van der Waals surface area contributed by atoms with Crippen molar-refractivity contribution in [3.63, 3.8) is 0 Å². The van der Waals surface area contributed by atoms with Gasteiger partial charge in [0.05, 0.1) is 19.8 Å². The number of aromatic nitrogens is 2. The molecule has 0 N–H and O–H groups in total. The summed E-state index contributed by atoms with van der Waals surface area (Å²) in [4.78, 5) is 2.78. The Hall–Kier alpha value is -2.32. The summed E-state index contributed by atoms with van der Waals surface area (Å²) in [5.41, 5.74) is 1.79. The number of benzene rings is 1. The maximum Gasteiger partial charge on any atom is 0.240 e. The Morgan fingerprint density at radius 1 is 1.17 bits per heavy atom. The topological polar surface area (TPSA) is 83.9 Å². The lowest BCUT2D eigenvalue weighted by Gasteiger charge is -2.13. The van der Waals surface area contributed by atoms with Crippen LogP contribution in [-0.2, 0) is 11.3 Å². The van der Waals surface area contributed by atoms with Crippen LogP contribution in [0.2, 0.25) is 0 Å². The summed E-state index contributed by atoms with van der Waals surface area (Å²) < 4.78 is 21.1. The minimum absolute atomic E-state index is 0.200. The van der Waals surface area contributed by atoms with E-state index in [0.29, 0.717) is 51.7 Å². The molecule has 0 bridgehead atoms. The fourth-order valence-corrected chi connectivity index (χ4v) is 3.82. The van der Waals surface area contributed by atoms with Crippen LogP contribution in [0.3, 0.4) is 0 Å². The van der Waals surface area contributed by atoms with Crippen LogP contribution < -0.4 is 14.4 Å². The van der Waals surface area contributed by atoms with Gasteiger partial charge in [-0.05, 0) is 23.1 Å². The summed E-state index contributed by atoms with van der Waals surface area (Å²) >= 11 is 0. The van der Waals surface area contributed by atoms with Crippen LogP contribution in [-0.4, -0.2) is 43.2 Å². The van der Waals surface area contributed by atoms with E-state index in [0.717, 1.165) is 26.3 Å². The van der Waals surface area contributed by atoms with E-state index in [1.165, 1.54) is 0 Å². The first kappa shape index (κ1) is 14.1. The molecule has 1 unspecified atom stereocenters. The minimum Gasteiger partial charge on any atom is -0.454 e. The van der Waals surface area contributed by atoms with Crippen molar-refractivity contribution in [1.29, 1.82) is 0 Å². The first-order chi connectivity index (χ1) is 11.8. The maximum atomic E-state index is 12.1. The Labute approximate surface area is 138 Å². The highest BCUT2D eigenvalue weighted by molar-refractivity contribution is 5.64. The van der Waals surface area contributed by atoms with Crippen LogP contribution in [0.25, 0.3) is 11.3 Å². The van der Waals surface area contributed by atoms with Crippen molar-refractivity contribution < 1.29 is 23.7 Å². The van der Waals surface area contributed by atoms with Crippen molar-refractivity contribution in [1.82, 2.24) is 10.1 Å². The largest absolute Gasteiger partial charge is 0.454 e. The first-order valence-electron chi connectivity index (χ1n) is 8.06. The highest BCUT2D eigenvalue weighted by atomic mass is 16.8. The van der Waals surface area contributed by atoms with Crippen LogP contribution in [0.5, 0.6) is 11.5 Å². The van der Waals surface area contributed by atoms with Gasteiger partial charge < -0.3 is 19.4 Å². The SMILES string of the molecule is [O-][n+]1onc(CN2CC3COC[C@@H]3C2)c1-c1ccc2c(c1)OCO2. The average molecular weight is 331 g/mol. The number of rotatable bonds is 3. The molecule has 5 rings (SSSR count). The van der Waals surface area contributed by atoms with Gasteiger partial charge >= 0.3 is 0 Å². The molecule has 4 heterocycles. The molecule has 0 aliphatic carbocycles. The van der Waals surface area contributed by atoms with E-state index in [9.17, 15) is 5.21 Å². The molecule has 0 saturated carbocycles. The minimum atomic E-state index is 0.200. The third-order valence-corrected chi connectivity index (χ3v) is 5.02. The molecule has 3 aliphatic heterocycles. The molecule has 1 aromatic carbocycles. The summed E-state index contributed by atoms with van der Waals surface area (Å²) in [6, 6.07) is 5.41. The lowest BCUT2D eigenvalue weighted by atomic mass is 10.0. The predicted octanol–water partition coefficient (Wildman–Crippen LogP) is 0.782. The second-order valence-corrected chi connectivity index (χ2v) is 6.55. The molecule has 24 heavy (non-hydrogen) atoms. The molecule has 2 fully saturated rings. The zero-order valence-corrected chi connectivity index (χ0v) is 13.0. The number of ether oxygens (including phenoxy) is 3. The van der Waals surface area contributed by atoms with Gasteiger partial charge in [0.2, 0.25) is 18.2 Å². The first-order valence-corrected chi connectivity index (χ1v) is 8.06. The quantitative estimate of drug-likeness (QED) is 0.769. The number of fused-ring (bicyclic) bond motifs is 2. The van der Waals surface area contributed by atoms with E-state index < -0.39 is 0 Å². The Morgan fingerprint density at radius 3 is 2.79 bits per heavy atom. The van der Waals surface area contributed by atoms with Gasteiger partial charge in [-0.3, -0.25) is 9.53 Å². The van der Waals surface area contributed by atoms with Gasteiger partial charge in [0.1, 0.15) is 0 Å². The Morgan fingerprint density at radius 2 is 1.96 bits per heavy atom. The van der Waals surface area contributed by atoms with Crippen LogP contribution in [0, 0.1) is 17.0 Å². The van der Waals surface area contributed by atoms with Gasteiger partial charge in [0, 0.05) is 35.6 Å². The lowest BCUT2D eigenvalue weighted by Crippen LogP contribution is -2.27. The van der Waals surface area contributed by atoms with E-state index in [2.05, 4.69) is 10.1 Å². The molecule has 3 aliphatic rings. The van der Waals surface area contributed by atoms with Crippen LogP contribution in [0.15, 0.2) is 22.8 Å². The number of hydrogen-bond acceptors (Lipinski definition) is 7. The summed E-state index contributed by atoms with van der Waals surface area (Å²) in [7, 11) is 0. The Kier molecular flexibility index (Phi) is 3.14. The average Bonchev–Trinajstić information content (AvgIpc) is 3.31. The number of likely N-dealkylation sites (tertiary alicyclic amines) is 1. The third kappa shape index (κ3) is 2.22. The van der Waals surface area contributed by atoms with Gasteiger partial charge in [-0.25, -0.2) is 0 Å².